The zero-order valence-corrected chi connectivity index (χ0v) is 11.8. The maximum atomic E-state index is 12.2. The van der Waals surface area contributed by atoms with Gasteiger partial charge in [-0.15, -0.1) is 0 Å². The van der Waals surface area contributed by atoms with Crippen LogP contribution in [0.2, 0.25) is 0 Å². The Kier molecular flexibility index (Phi) is 5.01. The third-order valence-corrected chi connectivity index (χ3v) is 4.38. The number of rotatable bonds is 3. The molecule has 0 spiro atoms. The second kappa shape index (κ2) is 6.53. The Morgan fingerprint density at radius 2 is 2.00 bits per heavy atom. The molecule has 1 unspecified atom stereocenters. The van der Waals surface area contributed by atoms with E-state index in [1.165, 1.54) is 25.9 Å². The zero-order chi connectivity index (χ0) is 13.0. The van der Waals surface area contributed by atoms with Crippen LogP contribution in [0.15, 0.2) is 0 Å². The summed E-state index contributed by atoms with van der Waals surface area (Å²) in [6.07, 6.45) is 2.50. The first-order chi connectivity index (χ1) is 8.70. The number of carbonyl (C=O) groups is 1. The van der Waals surface area contributed by atoms with E-state index in [9.17, 15) is 4.79 Å². The third-order valence-electron chi connectivity index (χ3n) is 4.38. The predicted molar refractivity (Wildman–Crippen MR) is 73.5 cm³/mol. The van der Waals surface area contributed by atoms with Gasteiger partial charge >= 0.3 is 0 Å². The quantitative estimate of drug-likeness (QED) is 0.807. The van der Waals surface area contributed by atoms with E-state index < -0.39 is 0 Å². The van der Waals surface area contributed by atoms with Gasteiger partial charge in [0.2, 0.25) is 5.91 Å². The molecule has 2 aliphatic rings. The van der Waals surface area contributed by atoms with Crippen molar-refractivity contribution in [2.75, 3.05) is 45.8 Å². The van der Waals surface area contributed by atoms with E-state index in [1.807, 2.05) is 6.92 Å². The van der Waals surface area contributed by atoms with Gasteiger partial charge in [0, 0.05) is 32.1 Å². The number of likely N-dealkylation sites (tertiary alicyclic amines) is 1. The summed E-state index contributed by atoms with van der Waals surface area (Å²) in [7, 11) is 0. The van der Waals surface area contributed by atoms with Crippen LogP contribution >= 0.6 is 0 Å². The van der Waals surface area contributed by atoms with Gasteiger partial charge in [-0.05, 0) is 38.4 Å². The van der Waals surface area contributed by atoms with Gasteiger partial charge in [0.05, 0.1) is 0 Å². The van der Waals surface area contributed by atoms with Crippen LogP contribution in [0.3, 0.4) is 0 Å². The summed E-state index contributed by atoms with van der Waals surface area (Å²) in [5.74, 6) is 1.20. The van der Waals surface area contributed by atoms with Crippen LogP contribution in [0.1, 0.15) is 26.7 Å². The van der Waals surface area contributed by atoms with Crippen molar-refractivity contribution in [3.05, 3.63) is 0 Å². The van der Waals surface area contributed by atoms with Gasteiger partial charge < -0.3 is 15.1 Å². The Morgan fingerprint density at radius 1 is 1.28 bits per heavy atom. The molecule has 4 heteroatoms. The van der Waals surface area contributed by atoms with Gasteiger partial charge in [-0.1, -0.05) is 13.8 Å². The number of hydrogen-bond donors (Lipinski definition) is 1. The zero-order valence-electron chi connectivity index (χ0n) is 11.8. The Morgan fingerprint density at radius 3 is 2.67 bits per heavy atom. The highest BCUT2D eigenvalue weighted by Crippen LogP contribution is 2.19. The van der Waals surface area contributed by atoms with Crippen LogP contribution in [-0.2, 0) is 4.79 Å². The minimum Gasteiger partial charge on any atom is -0.341 e. The molecular weight excluding hydrogens is 226 g/mol. The molecular formula is C14H27N3O. The second-order valence-electron chi connectivity index (χ2n) is 5.77. The van der Waals surface area contributed by atoms with Crippen molar-refractivity contribution >= 4 is 5.91 Å². The molecule has 0 aromatic carbocycles. The average Bonchev–Trinajstić information content (AvgIpc) is 2.55. The Labute approximate surface area is 111 Å². The first-order valence-corrected chi connectivity index (χ1v) is 7.42. The van der Waals surface area contributed by atoms with Gasteiger partial charge in [0.1, 0.15) is 0 Å². The maximum absolute atomic E-state index is 12.2. The maximum Gasteiger partial charge on any atom is 0.226 e. The largest absolute Gasteiger partial charge is 0.341 e. The SMILES string of the molecule is CCN1CCC(CN2CCNCC(C)C2=O)CC1. The molecule has 0 bridgehead atoms. The Bertz CT molecular complexity index is 274. The van der Waals surface area contributed by atoms with Crippen LogP contribution in [0, 0.1) is 11.8 Å². The molecule has 2 saturated heterocycles. The van der Waals surface area contributed by atoms with E-state index in [-0.39, 0.29) is 5.92 Å². The molecule has 18 heavy (non-hydrogen) atoms. The summed E-state index contributed by atoms with van der Waals surface area (Å²) in [5.41, 5.74) is 0. The molecule has 0 aliphatic carbocycles. The third kappa shape index (κ3) is 3.45. The van der Waals surface area contributed by atoms with E-state index >= 15 is 0 Å². The summed E-state index contributed by atoms with van der Waals surface area (Å²) in [6.45, 7) is 11.5. The minimum absolute atomic E-state index is 0.142. The van der Waals surface area contributed by atoms with E-state index in [4.69, 9.17) is 0 Å². The van der Waals surface area contributed by atoms with Crippen molar-refractivity contribution in [3.63, 3.8) is 0 Å². The van der Waals surface area contributed by atoms with Crippen LogP contribution in [0.25, 0.3) is 0 Å². The lowest BCUT2D eigenvalue weighted by Crippen LogP contribution is -2.42. The Hall–Kier alpha value is -0.610. The van der Waals surface area contributed by atoms with Crippen molar-refractivity contribution in [1.29, 1.82) is 0 Å². The van der Waals surface area contributed by atoms with E-state index in [0.717, 1.165) is 32.7 Å². The molecule has 0 saturated carbocycles. The first kappa shape index (κ1) is 13.8. The molecule has 2 aliphatic heterocycles. The molecule has 0 radical (unpaired) electrons. The molecule has 2 rings (SSSR count). The summed E-state index contributed by atoms with van der Waals surface area (Å²) >= 11 is 0. The summed E-state index contributed by atoms with van der Waals surface area (Å²) < 4.78 is 0. The van der Waals surface area contributed by atoms with E-state index in [0.29, 0.717) is 11.8 Å². The van der Waals surface area contributed by atoms with Crippen LogP contribution in [0.5, 0.6) is 0 Å². The summed E-state index contributed by atoms with van der Waals surface area (Å²) in [4.78, 5) is 16.8. The minimum atomic E-state index is 0.142. The highest BCUT2D eigenvalue weighted by atomic mass is 16.2. The number of piperidine rings is 1. The van der Waals surface area contributed by atoms with Gasteiger partial charge in [0.25, 0.3) is 0 Å². The topological polar surface area (TPSA) is 35.6 Å². The summed E-state index contributed by atoms with van der Waals surface area (Å²) in [5, 5.41) is 3.34. The number of carbonyl (C=O) groups excluding carboxylic acids is 1. The monoisotopic (exact) mass is 253 g/mol. The number of nitrogens with one attached hydrogen (secondary N) is 1. The average molecular weight is 253 g/mol. The smallest absolute Gasteiger partial charge is 0.226 e. The van der Waals surface area contributed by atoms with Crippen molar-refractivity contribution in [1.82, 2.24) is 15.1 Å². The summed E-state index contributed by atoms with van der Waals surface area (Å²) in [6, 6.07) is 0. The van der Waals surface area contributed by atoms with E-state index in [1.54, 1.807) is 0 Å². The van der Waals surface area contributed by atoms with Crippen LogP contribution in [0.4, 0.5) is 0 Å². The fraction of sp³-hybridized carbons (Fsp3) is 0.929. The number of hydrogen-bond acceptors (Lipinski definition) is 3. The molecule has 0 aromatic rings. The van der Waals surface area contributed by atoms with Gasteiger partial charge in [-0.3, -0.25) is 4.79 Å². The molecule has 1 amide bonds. The lowest BCUT2D eigenvalue weighted by Gasteiger charge is -2.34. The standard InChI is InChI=1S/C14H27N3O/c1-3-16-7-4-13(5-8-16)11-17-9-6-15-10-12(2)14(17)18/h12-13,15H,3-11H2,1-2H3. The molecule has 4 nitrogen and oxygen atoms in total. The second-order valence-corrected chi connectivity index (χ2v) is 5.77. The Balaban J connectivity index is 1.83. The molecule has 2 heterocycles. The van der Waals surface area contributed by atoms with Gasteiger partial charge in [-0.25, -0.2) is 0 Å². The highest BCUT2D eigenvalue weighted by Gasteiger charge is 2.27. The predicted octanol–water partition coefficient (Wildman–Crippen LogP) is 0.786. The van der Waals surface area contributed by atoms with E-state index in [2.05, 4.69) is 22.0 Å². The highest BCUT2D eigenvalue weighted by molar-refractivity contribution is 5.79. The normalized spacial score (nSPS) is 28.4. The molecule has 2 fully saturated rings. The number of amides is 1. The first-order valence-electron chi connectivity index (χ1n) is 7.42. The molecule has 104 valence electrons. The number of nitrogens with zero attached hydrogens (tertiary/aromatic N) is 2. The molecule has 1 atom stereocenters. The molecule has 0 aromatic heterocycles. The van der Waals surface area contributed by atoms with Gasteiger partial charge in [0.15, 0.2) is 0 Å². The van der Waals surface area contributed by atoms with Crippen molar-refractivity contribution in [3.8, 4) is 0 Å². The van der Waals surface area contributed by atoms with Crippen molar-refractivity contribution in [2.24, 2.45) is 11.8 Å². The fourth-order valence-electron chi connectivity index (χ4n) is 3.02. The fourth-order valence-corrected chi connectivity index (χ4v) is 3.02. The lowest BCUT2D eigenvalue weighted by atomic mass is 9.95. The van der Waals surface area contributed by atoms with Crippen LogP contribution in [-0.4, -0.2) is 61.5 Å². The molecule has 1 N–H and O–H groups in total. The van der Waals surface area contributed by atoms with Crippen LogP contribution < -0.4 is 5.32 Å². The van der Waals surface area contributed by atoms with Crippen molar-refractivity contribution < 1.29 is 4.79 Å². The lowest BCUT2D eigenvalue weighted by molar-refractivity contribution is -0.134. The van der Waals surface area contributed by atoms with Gasteiger partial charge in [-0.2, -0.15) is 0 Å². The van der Waals surface area contributed by atoms with Crippen molar-refractivity contribution in [2.45, 2.75) is 26.7 Å².